The summed E-state index contributed by atoms with van der Waals surface area (Å²) in [6.07, 6.45) is 7.37. The van der Waals surface area contributed by atoms with Crippen LogP contribution >= 0.6 is 0 Å². The molecule has 4 rings (SSSR count). The molecule has 33 heavy (non-hydrogen) atoms. The van der Waals surface area contributed by atoms with Gasteiger partial charge in [0.2, 0.25) is 5.60 Å². The van der Waals surface area contributed by atoms with Gasteiger partial charge in [-0.2, -0.15) is 0 Å². The second-order valence-corrected chi connectivity index (χ2v) is 9.32. The molecule has 0 aliphatic carbocycles. The number of quaternary nitrogens is 1. The van der Waals surface area contributed by atoms with Gasteiger partial charge in [0, 0.05) is 25.2 Å². The third-order valence-electron chi connectivity index (χ3n) is 6.73. The Morgan fingerprint density at radius 3 is 2.24 bits per heavy atom. The molecule has 3 aromatic rings. The number of benzene rings is 2. The fourth-order valence-electron chi connectivity index (χ4n) is 4.89. The van der Waals surface area contributed by atoms with Crippen LogP contribution in [0.15, 0.2) is 85.2 Å². The molecule has 1 N–H and O–H groups in total. The van der Waals surface area contributed by atoms with Crippen LogP contribution in [0, 0.1) is 0 Å². The Bertz CT molecular complexity index is 987. The summed E-state index contributed by atoms with van der Waals surface area (Å²) in [5, 5.41) is 11.7. The van der Waals surface area contributed by atoms with Crippen molar-refractivity contribution in [1.29, 1.82) is 0 Å². The number of piperidine rings is 1. The number of carbonyl (C=O) groups is 1. The fourth-order valence-corrected chi connectivity index (χ4v) is 4.89. The third-order valence-corrected chi connectivity index (χ3v) is 6.73. The zero-order chi connectivity index (χ0) is 23.2. The molecular weight excluding hydrogens is 412 g/mol. The third kappa shape index (κ3) is 5.49. The summed E-state index contributed by atoms with van der Waals surface area (Å²) in [6.45, 7) is 2.87. The standard InChI is InChI=1S/C28H33N2O3/c1-30(20-8-10-23-16-18-29-19-17-23)21-9-15-26(22-30)33-27(31)28(32,24-11-4-2-5-12-24)25-13-6-3-7-14-25/h2-7,11-14,16-19,26,32H,8-10,15,20-22H2,1H3/q+1/t26-,30?/m1/s1. The van der Waals surface area contributed by atoms with Gasteiger partial charge in [-0.05, 0) is 41.7 Å². The maximum absolute atomic E-state index is 13.5. The summed E-state index contributed by atoms with van der Waals surface area (Å²) < 4.78 is 6.89. The lowest BCUT2D eigenvalue weighted by Gasteiger charge is -2.41. The smallest absolute Gasteiger partial charge is 0.348 e. The van der Waals surface area contributed by atoms with E-state index in [-0.39, 0.29) is 6.10 Å². The van der Waals surface area contributed by atoms with E-state index in [1.807, 2.05) is 48.8 Å². The normalized spacial score (nSPS) is 20.8. The maximum Gasteiger partial charge on any atom is 0.348 e. The highest BCUT2D eigenvalue weighted by atomic mass is 16.6. The Labute approximate surface area is 196 Å². The topological polar surface area (TPSA) is 59.4 Å². The van der Waals surface area contributed by atoms with Gasteiger partial charge in [-0.15, -0.1) is 0 Å². The van der Waals surface area contributed by atoms with Gasteiger partial charge in [0.1, 0.15) is 6.54 Å². The molecule has 5 heteroatoms. The second-order valence-electron chi connectivity index (χ2n) is 9.32. The fraction of sp³-hybridized carbons (Fsp3) is 0.357. The van der Waals surface area contributed by atoms with Crippen LogP contribution in [0.5, 0.6) is 0 Å². The van der Waals surface area contributed by atoms with Crippen molar-refractivity contribution in [2.75, 3.05) is 26.7 Å². The number of likely N-dealkylation sites (tertiary alicyclic amines) is 1. The molecule has 1 fully saturated rings. The number of aryl methyl sites for hydroxylation is 1. The van der Waals surface area contributed by atoms with Crippen LogP contribution in [0.1, 0.15) is 36.0 Å². The highest BCUT2D eigenvalue weighted by molar-refractivity contribution is 5.85. The van der Waals surface area contributed by atoms with Gasteiger partial charge in [0.05, 0.1) is 20.1 Å². The number of hydrogen-bond acceptors (Lipinski definition) is 4. The zero-order valence-electron chi connectivity index (χ0n) is 19.3. The molecule has 1 saturated heterocycles. The van der Waals surface area contributed by atoms with Crippen LogP contribution in [0.3, 0.4) is 0 Å². The summed E-state index contributed by atoms with van der Waals surface area (Å²) in [7, 11) is 2.24. The van der Waals surface area contributed by atoms with Gasteiger partial charge < -0.3 is 14.3 Å². The lowest BCUT2D eigenvalue weighted by Crippen LogP contribution is -2.55. The lowest BCUT2D eigenvalue weighted by atomic mass is 9.86. The molecule has 2 atom stereocenters. The summed E-state index contributed by atoms with van der Waals surface area (Å²) in [5.41, 5.74) is 0.510. The van der Waals surface area contributed by atoms with E-state index >= 15 is 0 Å². The van der Waals surface area contributed by atoms with E-state index in [2.05, 4.69) is 24.2 Å². The maximum atomic E-state index is 13.5. The first-order chi connectivity index (χ1) is 16.0. The molecule has 0 amide bonds. The zero-order valence-corrected chi connectivity index (χ0v) is 19.3. The number of likely N-dealkylation sites (N-methyl/N-ethyl adjacent to an activating group) is 1. The first-order valence-corrected chi connectivity index (χ1v) is 11.8. The highest BCUT2D eigenvalue weighted by Crippen LogP contribution is 2.32. The molecule has 1 aromatic heterocycles. The number of esters is 1. The quantitative estimate of drug-likeness (QED) is 0.419. The van der Waals surface area contributed by atoms with E-state index in [9.17, 15) is 9.90 Å². The van der Waals surface area contributed by atoms with Crippen molar-refractivity contribution in [3.05, 3.63) is 102 Å². The minimum absolute atomic E-state index is 0.212. The molecule has 1 unspecified atom stereocenters. The highest BCUT2D eigenvalue weighted by Gasteiger charge is 2.44. The molecule has 172 valence electrons. The molecule has 0 spiro atoms. The largest absolute Gasteiger partial charge is 0.454 e. The Kier molecular flexibility index (Phi) is 7.21. The van der Waals surface area contributed by atoms with Gasteiger partial charge in [0.15, 0.2) is 6.10 Å². The van der Waals surface area contributed by atoms with Gasteiger partial charge in [-0.1, -0.05) is 60.7 Å². The average Bonchev–Trinajstić information content (AvgIpc) is 2.85. The van der Waals surface area contributed by atoms with E-state index in [0.717, 1.165) is 49.8 Å². The van der Waals surface area contributed by atoms with Gasteiger partial charge in [0.25, 0.3) is 0 Å². The van der Waals surface area contributed by atoms with Gasteiger partial charge in [-0.25, -0.2) is 4.79 Å². The summed E-state index contributed by atoms with van der Waals surface area (Å²) in [5.74, 6) is -0.602. The van der Waals surface area contributed by atoms with Crippen molar-refractivity contribution >= 4 is 5.97 Å². The molecule has 5 nitrogen and oxygen atoms in total. The molecule has 0 radical (unpaired) electrons. The van der Waals surface area contributed by atoms with Crippen LogP contribution in [0.4, 0.5) is 0 Å². The Hall–Kier alpha value is -3.02. The van der Waals surface area contributed by atoms with Crippen LogP contribution in [0.2, 0.25) is 0 Å². The van der Waals surface area contributed by atoms with Crippen molar-refractivity contribution < 1.29 is 19.1 Å². The first-order valence-electron chi connectivity index (χ1n) is 11.8. The van der Waals surface area contributed by atoms with Crippen molar-refractivity contribution in [3.63, 3.8) is 0 Å². The molecule has 2 aromatic carbocycles. The minimum Gasteiger partial charge on any atom is -0.454 e. The van der Waals surface area contributed by atoms with Crippen molar-refractivity contribution in [2.45, 2.75) is 37.4 Å². The van der Waals surface area contributed by atoms with Gasteiger partial charge in [-0.3, -0.25) is 4.98 Å². The Balaban J connectivity index is 1.44. The predicted octanol–water partition coefficient (Wildman–Crippen LogP) is 4.10. The second kappa shape index (κ2) is 10.3. The molecular formula is C28H33N2O3+. The van der Waals surface area contributed by atoms with Crippen LogP contribution < -0.4 is 0 Å². The number of ether oxygens (including phenoxy) is 1. The van der Waals surface area contributed by atoms with Crippen LogP contribution in [0.25, 0.3) is 0 Å². The van der Waals surface area contributed by atoms with Crippen LogP contribution in [-0.4, -0.2) is 53.3 Å². The number of nitrogens with zero attached hydrogens (tertiary/aromatic N) is 2. The molecule has 1 aliphatic heterocycles. The van der Waals surface area contributed by atoms with E-state index in [1.54, 1.807) is 24.3 Å². The van der Waals surface area contributed by atoms with E-state index in [1.165, 1.54) is 5.56 Å². The Morgan fingerprint density at radius 2 is 1.64 bits per heavy atom. The number of pyridine rings is 1. The summed E-state index contributed by atoms with van der Waals surface area (Å²) in [4.78, 5) is 17.5. The lowest BCUT2D eigenvalue weighted by molar-refractivity contribution is -0.917. The number of carbonyl (C=O) groups excluding carboxylic acids is 1. The number of aromatic nitrogens is 1. The predicted molar refractivity (Wildman–Crippen MR) is 128 cm³/mol. The monoisotopic (exact) mass is 445 g/mol. The van der Waals surface area contributed by atoms with Crippen LogP contribution in [-0.2, 0) is 21.6 Å². The molecule has 1 aliphatic rings. The molecule has 2 heterocycles. The number of hydrogen-bond donors (Lipinski definition) is 1. The molecule has 0 saturated carbocycles. The number of aliphatic hydroxyl groups is 1. The minimum atomic E-state index is -1.83. The van der Waals surface area contributed by atoms with Crippen molar-refractivity contribution in [3.8, 4) is 0 Å². The summed E-state index contributed by atoms with van der Waals surface area (Å²) in [6, 6.07) is 22.3. The average molecular weight is 446 g/mol. The van der Waals surface area contributed by atoms with E-state index in [4.69, 9.17) is 4.74 Å². The van der Waals surface area contributed by atoms with Crippen molar-refractivity contribution in [2.24, 2.45) is 0 Å². The Morgan fingerprint density at radius 1 is 1.03 bits per heavy atom. The van der Waals surface area contributed by atoms with Gasteiger partial charge >= 0.3 is 5.97 Å². The van der Waals surface area contributed by atoms with E-state index in [0.29, 0.717) is 11.1 Å². The summed E-state index contributed by atoms with van der Waals surface area (Å²) >= 11 is 0. The van der Waals surface area contributed by atoms with E-state index < -0.39 is 11.6 Å². The SMILES string of the molecule is C[N+]1(CCCc2ccncc2)CCC[C@@H](OC(=O)C(O)(c2ccccc2)c2ccccc2)C1. The van der Waals surface area contributed by atoms with Crippen molar-refractivity contribution in [1.82, 2.24) is 4.98 Å². The molecule has 0 bridgehead atoms. The number of rotatable bonds is 8. The first kappa shape index (κ1) is 23.1.